The predicted molar refractivity (Wildman–Crippen MR) is 47.7 cm³/mol. The van der Waals surface area contributed by atoms with Crippen LogP contribution in [0, 0.1) is 0 Å². The summed E-state index contributed by atoms with van der Waals surface area (Å²) < 4.78 is 0. The quantitative estimate of drug-likeness (QED) is 0.708. The molecule has 0 aliphatic rings. The van der Waals surface area contributed by atoms with Crippen molar-refractivity contribution in [3.63, 3.8) is 0 Å². The summed E-state index contributed by atoms with van der Waals surface area (Å²) in [4.78, 5) is 11.5. The molecule has 1 rings (SSSR count). The molecule has 66 valence electrons. The number of aromatic nitrogens is 2. The van der Waals surface area contributed by atoms with Crippen molar-refractivity contribution in [3.05, 3.63) is 21.6 Å². The first kappa shape index (κ1) is 9.57. The summed E-state index contributed by atoms with van der Waals surface area (Å²) in [6.45, 7) is 0.0494. The molecule has 0 spiro atoms. The molecule has 12 heavy (non-hydrogen) atoms. The van der Waals surface area contributed by atoms with Gasteiger partial charge in [-0.25, -0.2) is 5.10 Å². The molecule has 1 aromatic heterocycles. The van der Waals surface area contributed by atoms with Crippen LogP contribution in [0.15, 0.2) is 15.9 Å². The average Bonchev–Trinajstić information content (AvgIpc) is 2.08. The second kappa shape index (κ2) is 4.49. The second-order valence-electron chi connectivity index (χ2n) is 1.95. The number of hydrogen-bond donors (Lipinski definition) is 2. The molecule has 0 aliphatic carbocycles. The maximum absolute atomic E-state index is 10.9. The summed E-state index contributed by atoms with van der Waals surface area (Å²) >= 11 is 6.94. The Bertz CT molecular complexity index is 315. The number of nitrogens with one attached hydrogen (secondary N) is 1. The third-order valence-electron chi connectivity index (χ3n) is 1.11. The molecular formula is C6H7ClN2O2S. The van der Waals surface area contributed by atoms with Gasteiger partial charge in [-0.15, -0.1) is 11.8 Å². The third kappa shape index (κ3) is 2.23. The van der Waals surface area contributed by atoms with Gasteiger partial charge in [0.2, 0.25) is 0 Å². The van der Waals surface area contributed by atoms with Crippen LogP contribution >= 0.6 is 23.4 Å². The molecule has 0 bridgehead atoms. The number of thioether (sulfide) groups is 1. The molecule has 0 aliphatic heterocycles. The second-order valence-corrected chi connectivity index (χ2v) is 3.46. The van der Waals surface area contributed by atoms with Gasteiger partial charge < -0.3 is 5.11 Å². The lowest BCUT2D eigenvalue weighted by Gasteiger charge is -1.98. The Balaban J connectivity index is 2.85. The first-order valence-corrected chi connectivity index (χ1v) is 4.59. The van der Waals surface area contributed by atoms with Crippen molar-refractivity contribution in [2.75, 3.05) is 12.4 Å². The van der Waals surface area contributed by atoms with Crippen molar-refractivity contribution in [3.8, 4) is 0 Å². The van der Waals surface area contributed by atoms with Crippen LogP contribution < -0.4 is 5.56 Å². The predicted octanol–water partition coefficient (Wildman–Crippen LogP) is 0.508. The van der Waals surface area contributed by atoms with Crippen LogP contribution in [-0.2, 0) is 0 Å². The van der Waals surface area contributed by atoms with Crippen molar-refractivity contribution < 1.29 is 5.11 Å². The fourth-order valence-corrected chi connectivity index (χ4v) is 1.54. The molecule has 0 radical (unpaired) electrons. The minimum absolute atomic E-state index is 0.0494. The molecule has 0 unspecified atom stereocenters. The lowest BCUT2D eigenvalue weighted by Crippen LogP contribution is -2.08. The molecule has 0 saturated carbocycles. The van der Waals surface area contributed by atoms with E-state index in [2.05, 4.69) is 10.2 Å². The molecule has 1 heterocycles. The van der Waals surface area contributed by atoms with Crippen LogP contribution in [-0.4, -0.2) is 27.7 Å². The monoisotopic (exact) mass is 206 g/mol. The van der Waals surface area contributed by atoms with Crippen molar-refractivity contribution >= 4 is 23.4 Å². The first-order chi connectivity index (χ1) is 5.75. The molecule has 0 fully saturated rings. The number of aliphatic hydroxyl groups is 1. The van der Waals surface area contributed by atoms with E-state index in [9.17, 15) is 4.79 Å². The third-order valence-corrected chi connectivity index (χ3v) is 2.61. The Morgan fingerprint density at radius 2 is 2.50 bits per heavy atom. The van der Waals surface area contributed by atoms with E-state index in [1.807, 2.05) is 0 Å². The fraction of sp³-hybridized carbons (Fsp3) is 0.333. The first-order valence-electron chi connectivity index (χ1n) is 3.22. The van der Waals surface area contributed by atoms with Gasteiger partial charge in [-0.2, -0.15) is 5.10 Å². The van der Waals surface area contributed by atoms with Gasteiger partial charge in [0, 0.05) is 5.75 Å². The molecule has 0 atom stereocenters. The zero-order valence-electron chi connectivity index (χ0n) is 6.08. The molecule has 0 aromatic carbocycles. The van der Waals surface area contributed by atoms with E-state index in [1.54, 1.807) is 0 Å². The van der Waals surface area contributed by atoms with E-state index in [1.165, 1.54) is 18.0 Å². The number of nitrogens with zero attached hydrogens (tertiary/aromatic N) is 1. The van der Waals surface area contributed by atoms with E-state index in [-0.39, 0.29) is 11.6 Å². The smallest absolute Gasteiger partial charge is 0.284 e. The van der Waals surface area contributed by atoms with E-state index < -0.39 is 5.56 Å². The SMILES string of the molecule is O=c1[nH]ncc(SCCO)c1Cl. The summed E-state index contributed by atoms with van der Waals surface area (Å²) in [6.07, 6.45) is 1.46. The van der Waals surface area contributed by atoms with Crippen molar-refractivity contribution in [1.29, 1.82) is 0 Å². The molecule has 4 nitrogen and oxygen atoms in total. The van der Waals surface area contributed by atoms with Crippen LogP contribution in [0.5, 0.6) is 0 Å². The molecule has 2 N–H and O–H groups in total. The van der Waals surface area contributed by atoms with E-state index in [4.69, 9.17) is 16.7 Å². The molecule has 1 aromatic rings. The number of H-pyrrole nitrogens is 1. The van der Waals surface area contributed by atoms with Gasteiger partial charge in [0.1, 0.15) is 5.02 Å². The lowest BCUT2D eigenvalue weighted by molar-refractivity contribution is 0.322. The molecular weight excluding hydrogens is 200 g/mol. The van der Waals surface area contributed by atoms with Gasteiger partial charge >= 0.3 is 0 Å². The molecule has 6 heteroatoms. The fourth-order valence-electron chi connectivity index (χ4n) is 0.623. The minimum atomic E-state index is -0.403. The summed E-state index contributed by atoms with van der Waals surface area (Å²) in [6, 6.07) is 0. The maximum Gasteiger partial charge on any atom is 0.284 e. The Labute approximate surface area is 78.0 Å². The summed E-state index contributed by atoms with van der Waals surface area (Å²) in [5, 5.41) is 14.4. The molecule has 0 amide bonds. The van der Waals surface area contributed by atoms with E-state index in [0.29, 0.717) is 10.6 Å². The normalized spacial score (nSPS) is 10.2. The lowest BCUT2D eigenvalue weighted by atomic mass is 10.6. The van der Waals surface area contributed by atoms with Crippen LogP contribution in [0.2, 0.25) is 5.02 Å². The Kier molecular flexibility index (Phi) is 3.58. The number of hydrogen-bond acceptors (Lipinski definition) is 4. The number of rotatable bonds is 3. The van der Waals surface area contributed by atoms with E-state index >= 15 is 0 Å². The summed E-state index contributed by atoms with van der Waals surface area (Å²) in [5.74, 6) is 0.505. The van der Waals surface area contributed by atoms with Crippen molar-refractivity contribution in [2.24, 2.45) is 0 Å². The standard InChI is InChI=1S/C6H7ClN2O2S/c7-5-4(12-2-1-10)3-8-9-6(5)11/h3,10H,1-2H2,(H,9,11). The molecule has 0 saturated heterocycles. The van der Waals surface area contributed by atoms with Gasteiger partial charge in [0.25, 0.3) is 5.56 Å². The van der Waals surface area contributed by atoms with E-state index in [0.717, 1.165) is 0 Å². The van der Waals surface area contributed by atoms with Crippen molar-refractivity contribution in [2.45, 2.75) is 4.90 Å². The topological polar surface area (TPSA) is 66.0 Å². The maximum atomic E-state index is 10.9. The zero-order chi connectivity index (χ0) is 8.97. The number of halogens is 1. The largest absolute Gasteiger partial charge is 0.396 e. The van der Waals surface area contributed by atoms with Crippen LogP contribution in [0.1, 0.15) is 0 Å². The van der Waals surface area contributed by atoms with Crippen LogP contribution in [0.4, 0.5) is 0 Å². The van der Waals surface area contributed by atoms with Gasteiger partial charge in [0.15, 0.2) is 0 Å². The van der Waals surface area contributed by atoms with Crippen LogP contribution in [0.3, 0.4) is 0 Å². The zero-order valence-corrected chi connectivity index (χ0v) is 7.65. The van der Waals surface area contributed by atoms with Crippen LogP contribution in [0.25, 0.3) is 0 Å². The minimum Gasteiger partial charge on any atom is -0.396 e. The summed E-state index contributed by atoms with van der Waals surface area (Å²) in [5.41, 5.74) is -0.403. The Morgan fingerprint density at radius 1 is 1.75 bits per heavy atom. The summed E-state index contributed by atoms with van der Waals surface area (Å²) in [7, 11) is 0. The van der Waals surface area contributed by atoms with Gasteiger partial charge in [0.05, 0.1) is 17.7 Å². The highest BCUT2D eigenvalue weighted by Crippen LogP contribution is 2.21. The van der Waals surface area contributed by atoms with Crippen molar-refractivity contribution in [1.82, 2.24) is 10.2 Å². The number of aromatic amines is 1. The Morgan fingerprint density at radius 3 is 3.17 bits per heavy atom. The Hall–Kier alpha value is -0.520. The van der Waals surface area contributed by atoms with Gasteiger partial charge in [-0.05, 0) is 0 Å². The highest BCUT2D eigenvalue weighted by molar-refractivity contribution is 7.99. The highest BCUT2D eigenvalue weighted by Gasteiger charge is 2.03. The van der Waals surface area contributed by atoms with Gasteiger partial charge in [-0.1, -0.05) is 11.6 Å². The highest BCUT2D eigenvalue weighted by atomic mass is 35.5. The average molecular weight is 207 g/mol. The number of aliphatic hydroxyl groups excluding tert-OH is 1. The van der Waals surface area contributed by atoms with Gasteiger partial charge in [-0.3, -0.25) is 4.79 Å².